The summed E-state index contributed by atoms with van der Waals surface area (Å²) in [6.45, 7) is 7.07. The molecule has 0 spiro atoms. The predicted molar refractivity (Wildman–Crippen MR) is 78.0 cm³/mol. The predicted octanol–water partition coefficient (Wildman–Crippen LogP) is 1.69. The number of hydrogen-bond donors (Lipinski definition) is 1. The number of esters is 1. The summed E-state index contributed by atoms with van der Waals surface area (Å²) in [4.78, 5) is 26.0. The van der Waals surface area contributed by atoms with Crippen LogP contribution in [0.2, 0.25) is 0 Å². The fourth-order valence-electron chi connectivity index (χ4n) is 2.38. The Morgan fingerprint density at radius 3 is 2.70 bits per heavy atom. The molecule has 1 amide bonds. The minimum absolute atomic E-state index is 0.116. The van der Waals surface area contributed by atoms with Gasteiger partial charge in [-0.2, -0.15) is 0 Å². The zero-order valence-electron chi connectivity index (χ0n) is 12.9. The fraction of sp³-hybridized carbons (Fsp3) is 0.867. The van der Waals surface area contributed by atoms with Crippen LogP contribution in [0.1, 0.15) is 52.9 Å². The lowest BCUT2D eigenvalue weighted by atomic mass is 9.98. The van der Waals surface area contributed by atoms with Crippen LogP contribution in [-0.2, 0) is 14.3 Å². The molecule has 5 nitrogen and oxygen atoms in total. The molecule has 2 N–H and O–H groups in total. The summed E-state index contributed by atoms with van der Waals surface area (Å²) in [5.41, 5.74) is 5.99. The summed E-state index contributed by atoms with van der Waals surface area (Å²) >= 11 is 0. The van der Waals surface area contributed by atoms with E-state index in [0.29, 0.717) is 19.6 Å². The highest BCUT2D eigenvalue weighted by Crippen LogP contribution is 2.21. The van der Waals surface area contributed by atoms with Gasteiger partial charge in [-0.25, -0.2) is 4.79 Å². The summed E-state index contributed by atoms with van der Waals surface area (Å²) in [5, 5.41) is 0. The summed E-state index contributed by atoms with van der Waals surface area (Å²) in [6, 6.07) is -0.960. The molecule has 0 bridgehead atoms. The minimum atomic E-state index is -0.524. The number of carbonyl (C=O) groups excluding carboxylic acids is 2. The number of nitrogens with two attached hydrogens (primary N) is 1. The largest absolute Gasteiger partial charge is 0.464 e. The molecule has 2 unspecified atom stereocenters. The normalized spacial score (nSPS) is 21.6. The Hall–Kier alpha value is -1.10. The van der Waals surface area contributed by atoms with Gasteiger partial charge in [0, 0.05) is 6.54 Å². The number of amides is 1. The van der Waals surface area contributed by atoms with Gasteiger partial charge in [-0.3, -0.25) is 4.79 Å². The number of likely N-dealkylation sites (tertiary alicyclic amines) is 1. The third-order valence-electron chi connectivity index (χ3n) is 4.09. The van der Waals surface area contributed by atoms with Gasteiger partial charge >= 0.3 is 5.97 Å². The molecule has 0 aromatic rings. The Kier molecular flexibility index (Phi) is 6.99. The van der Waals surface area contributed by atoms with E-state index >= 15 is 0 Å². The van der Waals surface area contributed by atoms with E-state index in [2.05, 4.69) is 0 Å². The molecule has 0 radical (unpaired) electrons. The first-order chi connectivity index (χ1) is 9.52. The van der Waals surface area contributed by atoms with Gasteiger partial charge in [-0.1, -0.05) is 33.6 Å². The van der Waals surface area contributed by atoms with Gasteiger partial charge in [0.2, 0.25) is 5.91 Å². The SMILES string of the molecule is CCCCOC(=O)[C@@H]1CCCN1C(=O)C(N)C(C)CC. The smallest absolute Gasteiger partial charge is 0.328 e. The third kappa shape index (κ3) is 4.20. The van der Waals surface area contributed by atoms with Crippen molar-refractivity contribution in [3.63, 3.8) is 0 Å². The average molecular weight is 284 g/mol. The van der Waals surface area contributed by atoms with Crippen molar-refractivity contribution in [2.24, 2.45) is 11.7 Å². The highest BCUT2D eigenvalue weighted by Gasteiger charge is 2.37. The highest BCUT2D eigenvalue weighted by atomic mass is 16.5. The molecule has 1 aliphatic rings. The van der Waals surface area contributed by atoms with Crippen molar-refractivity contribution in [2.75, 3.05) is 13.2 Å². The number of unbranched alkanes of at least 4 members (excludes halogenated alkanes) is 1. The molecule has 1 heterocycles. The Labute approximate surface area is 121 Å². The van der Waals surface area contributed by atoms with Gasteiger partial charge in [0.1, 0.15) is 6.04 Å². The summed E-state index contributed by atoms with van der Waals surface area (Å²) in [6.07, 6.45) is 4.22. The van der Waals surface area contributed by atoms with E-state index in [-0.39, 0.29) is 17.8 Å². The van der Waals surface area contributed by atoms with Crippen LogP contribution in [0.25, 0.3) is 0 Å². The van der Waals surface area contributed by atoms with Gasteiger partial charge in [-0.05, 0) is 25.2 Å². The Bertz CT molecular complexity index is 333. The standard InChI is InChI=1S/C15H28N2O3/c1-4-6-10-20-15(19)12-8-7-9-17(12)14(18)13(16)11(3)5-2/h11-13H,4-10,16H2,1-3H3/t11?,12-,13?/m0/s1. The molecular formula is C15H28N2O3. The molecule has 0 saturated carbocycles. The van der Waals surface area contributed by atoms with Gasteiger partial charge in [0.05, 0.1) is 12.6 Å². The van der Waals surface area contributed by atoms with Gasteiger partial charge in [-0.15, -0.1) is 0 Å². The van der Waals surface area contributed by atoms with Crippen LogP contribution in [0.5, 0.6) is 0 Å². The first-order valence-corrected chi connectivity index (χ1v) is 7.75. The van der Waals surface area contributed by atoms with Gasteiger partial charge in [0.25, 0.3) is 0 Å². The lowest BCUT2D eigenvalue weighted by molar-refractivity contribution is -0.154. The van der Waals surface area contributed by atoms with E-state index in [4.69, 9.17) is 10.5 Å². The average Bonchev–Trinajstić information content (AvgIpc) is 2.94. The number of ether oxygens (including phenoxy) is 1. The summed E-state index contributed by atoms with van der Waals surface area (Å²) in [5.74, 6) is -0.269. The molecule has 0 aromatic carbocycles. The van der Waals surface area contributed by atoms with Crippen molar-refractivity contribution in [1.29, 1.82) is 0 Å². The Balaban J connectivity index is 2.60. The maximum atomic E-state index is 12.4. The van der Waals surface area contributed by atoms with E-state index in [0.717, 1.165) is 25.7 Å². The number of nitrogens with zero attached hydrogens (tertiary/aromatic N) is 1. The molecule has 3 atom stereocenters. The molecule has 1 saturated heterocycles. The molecule has 0 aliphatic carbocycles. The number of hydrogen-bond acceptors (Lipinski definition) is 4. The van der Waals surface area contributed by atoms with Crippen LogP contribution in [-0.4, -0.2) is 42.0 Å². The second-order valence-electron chi connectivity index (χ2n) is 5.62. The molecule has 1 aliphatic heterocycles. The van der Waals surface area contributed by atoms with E-state index < -0.39 is 12.1 Å². The van der Waals surface area contributed by atoms with Crippen LogP contribution >= 0.6 is 0 Å². The zero-order chi connectivity index (χ0) is 15.1. The molecular weight excluding hydrogens is 256 g/mol. The number of carbonyl (C=O) groups is 2. The van der Waals surface area contributed by atoms with Crippen molar-refractivity contribution in [3.8, 4) is 0 Å². The third-order valence-corrected chi connectivity index (χ3v) is 4.09. The lowest BCUT2D eigenvalue weighted by Crippen LogP contribution is -2.51. The van der Waals surface area contributed by atoms with Crippen molar-refractivity contribution < 1.29 is 14.3 Å². The van der Waals surface area contributed by atoms with E-state index in [1.165, 1.54) is 0 Å². The molecule has 116 valence electrons. The summed E-state index contributed by atoms with van der Waals surface area (Å²) < 4.78 is 5.24. The lowest BCUT2D eigenvalue weighted by Gasteiger charge is -2.28. The topological polar surface area (TPSA) is 72.6 Å². The maximum Gasteiger partial charge on any atom is 0.328 e. The molecule has 1 fully saturated rings. The molecule has 5 heteroatoms. The van der Waals surface area contributed by atoms with Crippen molar-refractivity contribution in [2.45, 2.75) is 65.0 Å². The number of rotatable bonds is 7. The maximum absolute atomic E-state index is 12.4. The Morgan fingerprint density at radius 1 is 1.40 bits per heavy atom. The van der Waals surface area contributed by atoms with Crippen LogP contribution in [0.15, 0.2) is 0 Å². The molecule has 0 aromatic heterocycles. The highest BCUT2D eigenvalue weighted by molar-refractivity contribution is 5.88. The van der Waals surface area contributed by atoms with Gasteiger partial charge < -0.3 is 15.4 Å². The fourth-order valence-corrected chi connectivity index (χ4v) is 2.38. The van der Waals surface area contributed by atoms with Crippen LogP contribution in [0.3, 0.4) is 0 Å². The second-order valence-corrected chi connectivity index (χ2v) is 5.62. The molecule has 1 rings (SSSR count). The summed E-state index contributed by atoms with van der Waals surface area (Å²) in [7, 11) is 0. The first-order valence-electron chi connectivity index (χ1n) is 7.75. The van der Waals surface area contributed by atoms with Crippen molar-refractivity contribution in [3.05, 3.63) is 0 Å². The van der Waals surface area contributed by atoms with Crippen LogP contribution < -0.4 is 5.73 Å². The van der Waals surface area contributed by atoms with Crippen LogP contribution in [0.4, 0.5) is 0 Å². The van der Waals surface area contributed by atoms with Crippen LogP contribution in [0, 0.1) is 5.92 Å². The van der Waals surface area contributed by atoms with Crippen molar-refractivity contribution in [1.82, 2.24) is 4.90 Å². The van der Waals surface area contributed by atoms with Gasteiger partial charge in [0.15, 0.2) is 0 Å². The Morgan fingerprint density at radius 2 is 2.10 bits per heavy atom. The minimum Gasteiger partial charge on any atom is -0.464 e. The molecule has 20 heavy (non-hydrogen) atoms. The van der Waals surface area contributed by atoms with E-state index in [1.54, 1.807) is 4.90 Å². The van der Waals surface area contributed by atoms with E-state index in [9.17, 15) is 9.59 Å². The zero-order valence-corrected chi connectivity index (χ0v) is 12.9. The van der Waals surface area contributed by atoms with Crippen molar-refractivity contribution >= 4 is 11.9 Å². The quantitative estimate of drug-likeness (QED) is 0.570. The second kappa shape index (κ2) is 8.25. The monoisotopic (exact) mass is 284 g/mol. The van der Waals surface area contributed by atoms with E-state index in [1.807, 2.05) is 20.8 Å². The first kappa shape index (κ1) is 17.0.